The maximum atomic E-state index is 12.6. The van der Waals surface area contributed by atoms with Gasteiger partial charge in [-0.1, -0.05) is 12.1 Å². The molecule has 1 amide bonds. The fourth-order valence-electron chi connectivity index (χ4n) is 3.91. The number of nitrogens with zero attached hydrogens (tertiary/aromatic N) is 3. The highest BCUT2D eigenvalue weighted by atomic mass is 32.2. The number of primary sulfonamides is 1. The predicted octanol–water partition coefficient (Wildman–Crippen LogP) is 2.71. The van der Waals surface area contributed by atoms with Crippen LogP contribution in [0.25, 0.3) is 0 Å². The van der Waals surface area contributed by atoms with Crippen LogP contribution >= 0.6 is 11.3 Å². The molecule has 0 atom stereocenters. The van der Waals surface area contributed by atoms with Crippen LogP contribution in [0.15, 0.2) is 47.5 Å². The van der Waals surface area contributed by atoms with E-state index in [1.165, 1.54) is 29.0 Å². The topological polar surface area (TPSA) is 129 Å². The third-order valence-corrected chi connectivity index (χ3v) is 7.55. The van der Waals surface area contributed by atoms with Crippen molar-refractivity contribution in [3.63, 3.8) is 0 Å². The lowest BCUT2D eigenvalue weighted by atomic mass is 10.0. The van der Waals surface area contributed by atoms with E-state index in [9.17, 15) is 18.5 Å². The number of anilines is 1. The first kappa shape index (κ1) is 23.1. The van der Waals surface area contributed by atoms with Crippen LogP contribution < -0.4 is 10.5 Å². The molecule has 8 nitrogen and oxygen atoms in total. The van der Waals surface area contributed by atoms with Gasteiger partial charge in [0.25, 0.3) is 0 Å². The van der Waals surface area contributed by atoms with E-state index >= 15 is 0 Å². The molecule has 0 spiro atoms. The summed E-state index contributed by atoms with van der Waals surface area (Å²) in [5.41, 5.74) is 4.38. The van der Waals surface area contributed by atoms with Gasteiger partial charge in [-0.3, -0.25) is 14.7 Å². The largest absolute Gasteiger partial charge is 0.316 e. The number of pyridine rings is 1. The molecule has 2 aromatic heterocycles. The first-order valence-electron chi connectivity index (χ1n) is 10.3. The highest BCUT2D eigenvalue weighted by Gasteiger charge is 2.25. The van der Waals surface area contributed by atoms with Crippen LogP contribution in [0.1, 0.15) is 32.8 Å². The zero-order valence-corrected chi connectivity index (χ0v) is 19.7. The molecule has 1 aromatic carbocycles. The number of fused-ring (bicyclic) bond motifs is 1. The van der Waals surface area contributed by atoms with Crippen LogP contribution in [-0.4, -0.2) is 30.8 Å². The van der Waals surface area contributed by atoms with Crippen LogP contribution in [0.2, 0.25) is 0 Å². The maximum Gasteiger partial charge on any atom is 0.238 e. The Balaban J connectivity index is 1.44. The van der Waals surface area contributed by atoms with Crippen LogP contribution in [0.3, 0.4) is 0 Å². The first-order chi connectivity index (χ1) is 15.7. The molecule has 33 heavy (non-hydrogen) atoms. The van der Waals surface area contributed by atoms with Crippen molar-refractivity contribution in [1.82, 2.24) is 9.88 Å². The Morgan fingerprint density at radius 1 is 1.27 bits per heavy atom. The summed E-state index contributed by atoms with van der Waals surface area (Å²) >= 11 is 1.44. The molecule has 0 saturated heterocycles. The lowest BCUT2D eigenvalue weighted by molar-refractivity contribution is -0.115. The lowest BCUT2D eigenvalue weighted by Crippen LogP contribution is -2.29. The molecule has 3 aromatic rings. The smallest absolute Gasteiger partial charge is 0.238 e. The number of rotatable bonds is 6. The molecule has 170 valence electrons. The second-order valence-corrected chi connectivity index (χ2v) is 10.7. The predicted molar refractivity (Wildman–Crippen MR) is 126 cm³/mol. The number of amides is 1. The number of sulfonamides is 1. The minimum Gasteiger partial charge on any atom is -0.316 e. The van der Waals surface area contributed by atoms with Crippen molar-refractivity contribution in [3.8, 4) is 6.07 Å². The van der Waals surface area contributed by atoms with Crippen molar-refractivity contribution in [2.75, 3.05) is 11.9 Å². The van der Waals surface area contributed by atoms with Crippen molar-refractivity contribution in [2.24, 2.45) is 5.14 Å². The number of hydrogen-bond donors (Lipinski definition) is 2. The van der Waals surface area contributed by atoms with Crippen LogP contribution in [0.4, 0.5) is 5.00 Å². The van der Waals surface area contributed by atoms with Crippen molar-refractivity contribution >= 4 is 32.3 Å². The second-order valence-electron chi connectivity index (χ2n) is 8.00. The van der Waals surface area contributed by atoms with Crippen molar-refractivity contribution < 1.29 is 13.2 Å². The summed E-state index contributed by atoms with van der Waals surface area (Å²) in [5.74, 6) is -0.266. The highest BCUT2D eigenvalue weighted by molar-refractivity contribution is 7.89. The zero-order chi connectivity index (χ0) is 23.6. The quantitative estimate of drug-likeness (QED) is 0.557. The molecular weight excluding hydrogens is 458 g/mol. The van der Waals surface area contributed by atoms with E-state index in [2.05, 4.69) is 27.3 Å². The zero-order valence-electron chi connectivity index (χ0n) is 18.0. The molecular formula is C23H23N5O3S2. The Kier molecular flexibility index (Phi) is 6.58. The average molecular weight is 482 g/mol. The van der Waals surface area contributed by atoms with E-state index in [4.69, 9.17) is 5.14 Å². The lowest BCUT2D eigenvalue weighted by Gasteiger charge is -2.26. The molecule has 3 heterocycles. The average Bonchev–Trinajstić information content (AvgIpc) is 3.09. The van der Waals surface area contributed by atoms with Gasteiger partial charge in [0.2, 0.25) is 15.9 Å². The van der Waals surface area contributed by atoms with Crippen molar-refractivity contribution in [1.29, 1.82) is 5.26 Å². The molecule has 0 aliphatic carbocycles. The maximum absolute atomic E-state index is 12.6. The summed E-state index contributed by atoms with van der Waals surface area (Å²) in [4.78, 5) is 20.3. The Hall–Kier alpha value is -3.10. The fraction of sp³-hybridized carbons (Fsp3) is 0.261. The summed E-state index contributed by atoms with van der Waals surface area (Å²) in [7, 11) is -3.78. The molecule has 4 rings (SSSR count). The first-order valence-corrected chi connectivity index (χ1v) is 12.7. The van der Waals surface area contributed by atoms with Gasteiger partial charge in [0.05, 0.1) is 16.9 Å². The number of aromatic nitrogens is 1. The van der Waals surface area contributed by atoms with Crippen molar-refractivity contribution in [3.05, 3.63) is 75.4 Å². The molecule has 0 unspecified atom stereocenters. The highest BCUT2D eigenvalue weighted by Crippen LogP contribution is 2.37. The van der Waals surface area contributed by atoms with Gasteiger partial charge in [-0.05, 0) is 54.3 Å². The summed E-state index contributed by atoms with van der Waals surface area (Å²) in [5, 5.41) is 18.3. The Morgan fingerprint density at radius 3 is 2.70 bits per heavy atom. The number of carbonyl (C=O) groups excluding carboxylic acids is 1. The van der Waals surface area contributed by atoms with Gasteiger partial charge in [-0.15, -0.1) is 11.3 Å². The van der Waals surface area contributed by atoms with Gasteiger partial charge >= 0.3 is 0 Å². The Morgan fingerprint density at radius 2 is 2.03 bits per heavy atom. The number of benzene rings is 1. The number of hydrogen-bond acceptors (Lipinski definition) is 7. The molecule has 10 heteroatoms. The van der Waals surface area contributed by atoms with E-state index in [0.29, 0.717) is 16.1 Å². The van der Waals surface area contributed by atoms with Crippen molar-refractivity contribution in [2.45, 2.75) is 37.8 Å². The van der Waals surface area contributed by atoms with Crippen LogP contribution in [-0.2, 0) is 40.7 Å². The summed E-state index contributed by atoms with van der Waals surface area (Å²) in [6, 6.07) is 12.2. The van der Waals surface area contributed by atoms with Gasteiger partial charge < -0.3 is 5.32 Å². The van der Waals surface area contributed by atoms with Gasteiger partial charge in [0, 0.05) is 36.4 Å². The van der Waals surface area contributed by atoms with Gasteiger partial charge in [0.1, 0.15) is 11.1 Å². The van der Waals surface area contributed by atoms with E-state index < -0.39 is 10.0 Å². The standard InChI is InChI=1S/C23H23N5O3S2/c1-15-10-17(6-8-26-15)13-28-9-7-19-20(12-24)23(32-21(19)14-28)27-22(29)11-16-2-4-18(5-3-16)33(25,30)31/h2-6,8,10H,7,9,11,13-14H2,1H3,(H,27,29)(H2,25,30,31). The molecule has 1 aliphatic heterocycles. The summed E-state index contributed by atoms with van der Waals surface area (Å²) < 4.78 is 22.8. The van der Waals surface area contributed by atoms with Crippen LogP contribution in [0.5, 0.6) is 0 Å². The number of nitrogens with one attached hydrogen (secondary N) is 1. The normalized spacial score (nSPS) is 13.8. The number of nitrogens with two attached hydrogens (primary N) is 1. The minimum atomic E-state index is -3.78. The van der Waals surface area contributed by atoms with Crippen LogP contribution in [0, 0.1) is 18.3 Å². The van der Waals surface area contributed by atoms with E-state index in [0.717, 1.165) is 42.2 Å². The monoisotopic (exact) mass is 481 g/mol. The third-order valence-electron chi connectivity index (χ3n) is 5.48. The Bertz CT molecular complexity index is 1340. The summed E-state index contributed by atoms with van der Waals surface area (Å²) in [6.07, 6.45) is 2.63. The number of nitriles is 1. The molecule has 1 aliphatic rings. The second kappa shape index (κ2) is 9.41. The van der Waals surface area contributed by atoms with E-state index in [1.54, 1.807) is 12.1 Å². The summed E-state index contributed by atoms with van der Waals surface area (Å²) in [6.45, 7) is 4.34. The fourth-order valence-corrected chi connectivity index (χ4v) is 5.68. The number of thiophene rings is 1. The van der Waals surface area contributed by atoms with Gasteiger partial charge in [0.15, 0.2) is 0 Å². The van der Waals surface area contributed by atoms with Gasteiger partial charge in [-0.2, -0.15) is 5.26 Å². The Labute approximate surface area is 196 Å². The molecule has 3 N–H and O–H groups in total. The SMILES string of the molecule is Cc1cc(CN2CCc3c(sc(NC(=O)Cc4ccc(S(N)(=O)=O)cc4)c3C#N)C2)ccn1. The van der Waals surface area contributed by atoms with E-state index in [1.807, 2.05) is 19.2 Å². The minimum absolute atomic E-state index is 0.00385. The molecule has 0 radical (unpaired) electrons. The molecule has 0 bridgehead atoms. The number of carbonyl (C=O) groups is 1. The number of aryl methyl sites for hydroxylation is 1. The molecule has 0 fully saturated rings. The van der Waals surface area contributed by atoms with Gasteiger partial charge in [-0.25, -0.2) is 13.6 Å². The molecule has 0 saturated carbocycles. The third kappa shape index (κ3) is 5.46. The van der Waals surface area contributed by atoms with E-state index in [-0.39, 0.29) is 17.2 Å².